The molecule has 4 rings (SSSR count). The first-order valence-corrected chi connectivity index (χ1v) is 8.62. The number of ether oxygens (including phenoxy) is 1. The summed E-state index contributed by atoms with van der Waals surface area (Å²) in [5.74, 6) is 0.671. The number of aromatic nitrogens is 3. The van der Waals surface area contributed by atoms with Crippen LogP contribution in [-0.2, 0) is 13.1 Å². The number of fused-ring (bicyclic) bond motifs is 1. The van der Waals surface area contributed by atoms with E-state index in [1.165, 1.54) is 0 Å². The number of nitrogens with zero attached hydrogens (tertiary/aromatic N) is 4. The Morgan fingerprint density at radius 3 is 2.85 bits per heavy atom. The fraction of sp³-hybridized carbons (Fsp3) is 0.250. The van der Waals surface area contributed by atoms with Gasteiger partial charge in [0.2, 0.25) is 0 Å². The number of carbonyl (C=O) groups excluding carboxylic acids is 1. The Kier molecular flexibility index (Phi) is 4.39. The molecule has 26 heavy (non-hydrogen) atoms. The molecular formula is C20H20N4O2. The molecule has 0 unspecified atom stereocenters. The van der Waals surface area contributed by atoms with E-state index in [1.807, 2.05) is 54.4 Å². The summed E-state index contributed by atoms with van der Waals surface area (Å²) in [5.41, 5.74) is 2.58. The van der Waals surface area contributed by atoms with E-state index in [-0.39, 0.29) is 12.0 Å². The maximum absolute atomic E-state index is 13.0. The van der Waals surface area contributed by atoms with Crippen molar-refractivity contribution in [3.8, 4) is 5.75 Å². The van der Waals surface area contributed by atoms with E-state index in [2.05, 4.69) is 14.5 Å². The Balaban J connectivity index is 1.59. The van der Waals surface area contributed by atoms with Gasteiger partial charge in [-0.2, -0.15) is 0 Å². The van der Waals surface area contributed by atoms with Crippen LogP contribution < -0.4 is 4.74 Å². The molecule has 0 radical (unpaired) electrons. The van der Waals surface area contributed by atoms with Gasteiger partial charge in [-0.05, 0) is 43.3 Å². The predicted molar refractivity (Wildman–Crippen MR) is 96.8 cm³/mol. The zero-order chi connectivity index (χ0) is 17.9. The molecule has 1 aliphatic heterocycles. The van der Waals surface area contributed by atoms with E-state index in [4.69, 9.17) is 4.74 Å². The minimum atomic E-state index is -0.157. The van der Waals surface area contributed by atoms with Gasteiger partial charge in [-0.3, -0.25) is 14.8 Å². The molecule has 0 saturated heterocycles. The molecule has 0 saturated carbocycles. The summed E-state index contributed by atoms with van der Waals surface area (Å²) in [4.78, 5) is 23.2. The molecule has 132 valence electrons. The van der Waals surface area contributed by atoms with Crippen LogP contribution in [0.25, 0.3) is 0 Å². The number of hydrogen-bond acceptors (Lipinski definition) is 4. The Morgan fingerprint density at radius 1 is 1.15 bits per heavy atom. The third-order valence-corrected chi connectivity index (χ3v) is 4.48. The quantitative estimate of drug-likeness (QED) is 0.730. The predicted octanol–water partition coefficient (Wildman–Crippen LogP) is 2.69. The van der Waals surface area contributed by atoms with Crippen molar-refractivity contribution in [2.24, 2.45) is 0 Å². The van der Waals surface area contributed by atoms with E-state index in [1.54, 1.807) is 18.6 Å². The van der Waals surface area contributed by atoms with E-state index in [0.29, 0.717) is 30.9 Å². The Bertz CT molecular complexity index is 890. The van der Waals surface area contributed by atoms with Crippen molar-refractivity contribution in [2.45, 2.75) is 26.1 Å². The van der Waals surface area contributed by atoms with Gasteiger partial charge in [-0.25, -0.2) is 0 Å². The van der Waals surface area contributed by atoms with Crippen LogP contribution in [0, 0.1) is 6.92 Å². The molecular weight excluding hydrogens is 328 g/mol. The third kappa shape index (κ3) is 3.44. The van der Waals surface area contributed by atoms with Gasteiger partial charge in [0.25, 0.3) is 5.91 Å². The molecule has 1 amide bonds. The highest BCUT2D eigenvalue weighted by Crippen LogP contribution is 2.19. The smallest absolute Gasteiger partial charge is 0.255 e. The van der Waals surface area contributed by atoms with Gasteiger partial charge in [-0.1, -0.05) is 0 Å². The Morgan fingerprint density at radius 2 is 2.08 bits per heavy atom. The van der Waals surface area contributed by atoms with Crippen molar-refractivity contribution < 1.29 is 9.53 Å². The van der Waals surface area contributed by atoms with Crippen molar-refractivity contribution >= 4 is 5.91 Å². The van der Waals surface area contributed by atoms with Gasteiger partial charge in [-0.15, -0.1) is 0 Å². The average Bonchev–Trinajstić information content (AvgIpc) is 3.01. The molecule has 3 aromatic rings. The fourth-order valence-corrected chi connectivity index (χ4v) is 3.17. The minimum Gasteiger partial charge on any atom is -0.485 e. The number of pyridine rings is 2. The summed E-state index contributed by atoms with van der Waals surface area (Å²) in [6, 6.07) is 11.4. The van der Waals surface area contributed by atoms with Crippen LogP contribution in [0.1, 0.15) is 21.7 Å². The topological polar surface area (TPSA) is 60.2 Å². The molecule has 3 aromatic heterocycles. The van der Waals surface area contributed by atoms with Crippen molar-refractivity contribution in [3.63, 3.8) is 0 Å². The van der Waals surface area contributed by atoms with Gasteiger partial charge >= 0.3 is 0 Å². The molecule has 1 aliphatic rings. The molecule has 1 atom stereocenters. The van der Waals surface area contributed by atoms with Gasteiger partial charge in [0.1, 0.15) is 11.9 Å². The molecule has 0 aromatic carbocycles. The highest BCUT2D eigenvalue weighted by atomic mass is 16.5. The summed E-state index contributed by atoms with van der Waals surface area (Å²) < 4.78 is 8.24. The van der Waals surface area contributed by atoms with Gasteiger partial charge < -0.3 is 14.2 Å². The summed E-state index contributed by atoms with van der Waals surface area (Å²) in [6.45, 7) is 3.65. The zero-order valence-corrected chi connectivity index (χ0v) is 14.6. The highest BCUT2D eigenvalue weighted by molar-refractivity contribution is 5.93. The lowest BCUT2D eigenvalue weighted by Crippen LogP contribution is -2.38. The first kappa shape index (κ1) is 16.3. The molecule has 0 aliphatic carbocycles. The normalized spacial score (nSPS) is 16.7. The third-order valence-electron chi connectivity index (χ3n) is 4.48. The Hall–Kier alpha value is -3.15. The number of carbonyl (C=O) groups is 1. The van der Waals surface area contributed by atoms with Gasteiger partial charge in [0.15, 0.2) is 0 Å². The van der Waals surface area contributed by atoms with E-state index in [9.17, 15) is 4.79 Å². The standard InChI is InChI=1S/C20H20N4O2/c1-15-6-7-16(10-22-15)20(25)24-12-17-4-3-9-23(17)13-19(14-24)26-18-5-2-8-21-11-18/h2-11,19H,12-14H2,1H3/t19-/m0/s1. The second-order valence-electron chi connectivity index (χ2n) is 6.45. The summed E-state index contributed by atoms with van der Waals surface area (Å²) in [5, 5.41) is 0. The first-order valence-electron chi connectivity index (χ1n) is 8.62. The van der Waals surface area contributed by atoms with Gasteiger partial charge in [0, 0.05) is 30.0 Å². The Labute approximate surface area is 152 Å². The fourth-order valence-electron chi connectivity index (χ4n) is 3.17. The van der Waals surface area contributed by atoms with Crippen LogP contribution in [0.15, 0.2) is 61.2 Å². The zero-order valence-electron chi connectivity index (χ0n) is 14.6. The number of rotatable bonds is 3. The molecule has 0 fully saturated rings. The maximum Gasteiger partial charge on any atom is 0.255 e. The first-order chi connectivity index (χ1) is 12.7. The monoisotopic (exact) mass is 348 g/mol. The van der Waals surface area contributed by atoms with E-state index >= 15 is 0 Å². The van der Waals surface area contributed by atoms with Crippen LogP contribution >= 0.6 is 0 Å². The molecule has 6 nitrogen and oxygen atoms in total. The second-order valence-corrected chi connectivity index (χ2v) is 6.45. The lowest BCUT2D eigenvalue weighted by atomic mass is 10.2. The summed E-state index contributed by atoms with van der Waals surface area (Å²) in [7, 11) is 0. The number of amides is 1. The highest BCUT2D eigenvalue weighted by Gasteiger charge is 2.27. The van der Waals surface area contributed by atoms with Crippen LogP contribution in [0.3, 0.4) is 0 Å². The number of aryl methyl sites for hydroxylation is 1. The summed E-state index contributed by atoms with van der Waals surface area (Å²) >= 11 is 0. The van der Waals surface area contributed by atoms with Crippen molar-refractivity contribution in [1.82, 2.24) is 19.4 Å². The van der Waals surface area contributed by atoms with Gasteiger partial charge in [0.05, 0.1) is 31.4 Å². The van der Waals surface area contributed by atoms with E-state index < -0.39 is 0 Å². The van der Waals surface area contributed by atoms with Crippen LogP contribution in [0.5, 0.6) is 5.75 Å². The van der Waals surface area contributed by atoms with Crippen molar-refractivity contribution in [3.05, 3.63) is 78.1 Å². The summed E-state index contributed by atoms with van der Waals surface area (Å²) in [6.07, 6.45) is 6.91. The maximum atomic E-state index is 13.0. The lowest BCUT2D eigenvalue weighted by Gasteiger charge is -2.25. The van der Waals surface area contributed by atoms with Crippen LogP contribution in [0.2, 0.25) is 0 Å². The molecule has 0 spiro atoms. The molecule has 4 heterocycles. The number of hydrogen-bond donors (Lipinski definition) is 0. The average molecular weight is 348 g/mol. The largest absolute Gasteiger partial charge is 0.485 e. The van der Waals surface area contributed by atoms with Crippen LogP contribution in [-0.4, -0.2) is 38.0 Å². The lowest BCUT2D eigenvalue weighted by molar-refractivity contribution is 0.0651. The SMILES string of the molecule is Cc1ccc(C(=O)N2Cc3cccn3C[C@H](Oc3cccnc3)C2)cn1. The van der Waals surface area contributed by atoms with E-state index in [0.717, 1.165) is 11.4 Å². The van der Waals surface area contributed by atoms with Crippen molar-refractivity contribution in [1.29, 1.82) is 0 Å². The minimum absolute atomic E-state index is 0.0352. The van der Waals surface area contributed by atoms with Crippen LogP contribution in [0.4, 0.5) is 0 Å². The molecule has 6 heteroatoms. The molecule has 0 N–H and O–H groups in total. The molecule has 0 bridgehead atoms. The second kappa shape index (κ2) is 7.00. The van der Waals surface area contributed by atoms with Crippen molar-refractivity contribution in [2.75, 3.05) is 6.54 Å².